The van der Waals surface area contributed by atoms with E-state index in [-0.39, 0.29) is 19.2 Å². The molecule has 0 aliphatic carbocycles. The van der Waals surface area contributed by atoms with Crippen LogP contribution in [0.1, 0.15) is 214 Å². The van der Waals surface area contributed by atoms with Crippen LogP contribution in [0.5, 0.6) is 0 Å². The Morgan fingerprint density at radius 3 is 1.26 bits per heavy atom. The van der Waals surface area contributed by atoms with Gasteiger partial charge in [-0.25, -0.2) is 0 Å². The van der Waals surface area contributed by atoms with Crippen molar-refractivity contribution in [3.8, 4) is 0 Å². The number of rotatable bonds is 35. The van der Waals surface area contributed by atoms with Gasteiger partial charge in [-0.15, -0.1) is 0 Å². The Balaban J connectivity index is 0. The summed E-state index contributed by atoms with van der Waals surface area (Å²) >= 11 is 0. The van der Waals surface area contributed by atoms with Crippen molar-refractivity contribution in [1.82, 2.24) is 10.2 Å². The second kappa shape index (κ2) is 39.6. The Labute approximate surface area is 289 Å². The van der Waals surface area contributed by atoms with E-state index < -0.39 is 0 Å². The van der Waals surface area contributed by atoms with Gasteiger partial charge in [0.15, 0.2) is 0 Å². The Hall–Kier alpha value is -1.58. The fraction of sp³-hybridized carbons (Fsp3) is 0.857. The first-order valence-electron chi connectivity index (χ1n) is 20.0. The van der Waals surface area contributed by atoms with Crippen LogP contribution in [0.2, 0.25) is 0 Å². The minimum absolute atomic E-state index is 0. The maximum Gasteiger partial charge on any atom is 0.222 e. The second-order valence-electron chi connectivity index (χ2n) is 13.3. The lowest BCUT2D eigenvalue weighted by Gasteiger charge is -2.21. The summed E-state index contributed by atoms with van der Waals surface area (Å²) in [7, 11) is 0. The van der Waals surface area contributed by atoms with Crippen LogP contribution in [0.15, 0.2) is 24.3 Å². The minimum atomic E-state index is 0. The molecule has 0 aromatic rings. The summed E-state index contributed by atoms with van der Waals surface area (Å²) in [6, 6.07) is 0. The van der Waals surface area contributed by atoms with Crippen molar-refractivity contribution in [3.05, 3.63) is 24.3 Å². The lowest BCUT2D eigenvalue weighted by molar-refractivity contribution is -0.131. The van der Waals surface area contributed by atoms with E-state index in [1.807, 2.05) is 4.90 Å². The lowest BCUT2D eigenvalue weighted by atomic mass is 10.1. The number of unbranched alkanes of at least 4 members (excludes halogenated alkanes) is 22. The summed E-state index contributed by atoms with van der Waals surface area (Å²) in [4.78, 5) is 26.8. The summed E-state index contributed by atoms with van der Waals surface area (Å²) < 4.78 is 0. The van der Waals surface area contributed by atoms with Gasteiger partial charge in [-0.3, -0.25) is 9.59 Å². The van der Waals surface area contributed by atoms with Crippen molar-refractivity contribution in [2.45, 2.75) is 214 Å². The van der Waals surface area contributed by atoms with Crippen LogP contribution in [0, 0.1) is 0 Å². The average Bonchev–Trinajstić information content (AvgIpc) is 3.04. The quantitative estimate of drug-likeness (QED) is 0.0550. The van der Waals surface area contributed by atoms with Gasteiger partial charge in [-0.1, -0.05) is 148 Å². The second-order valence-corrected chi connectivity index (χ2v) is 13.3. The molecule has 4 nitrogen and oxygen atoms in total. The fourth-order valence-electron chi connectivity index (χ4n) is 5.91. The molecule has 0 aromatic carbocycles. The SMILES string of the molecule is C.CCCCCCCC/C=C/CCCCCCCC(=O)NCCCN(CC)C(=O)CCCCCCC/C=C/CCCCCCCC. The van der Waals surface area contributed by atoms with Gasteiger partial charge in [0.1, 0.15) is 0 Å². The molecule has 272 valence electrons. The fourth-order valence-corrected chi connectivity index (χ4v) is 5.91. The first-order chi connectivity index (χ1) is 22.2. The van der Waals surface area contributed by atoms with E-state index in [2.05, 4.69) is 50.4 Å². The summed E-state index contributed by atoms with van der Waals surface area (Å²) in [6.07, 6.45) is 44.8. The van der Waals surface area contributed by atoms with Crippen LogP contribution in [0.4, 0.5) is 0 Å². The maximum atomic E-state index is 12.6. The number of carbonyl (C=O) groups is 2. The number of hydrogen-bond donors (Lipinski definition) is 1. The normalized spacial score (nSPS) is 11.4. The smallest absolute Gasteiger partial charge is 0.222 e. The molecule has 0 radical (unpaired) electrons. The highest BCUT2D eigenvalue weighted by molar-refractivity contribution is 5.76. The van der Waals surface area contributed by atoms with Crippen LogP contribution < -0.4 is 5.32 Å². The molecule has 0 heterocycles. The highest BCUT2D eigenvalue weighted by Crippen LogP contribution is 2.12. The van der Waals surface area contributed by atoms with Gasteiger partial charge in [0.2, 0.25) is 11.8 Å². The van der Waals surface area contributed by atoms with Gasteiger partial charge in [0.05, 0.1) is 0 Å². The largest absolute Gasteiger partial charge is 0.356 e. The van der Waals surface area contributed by atoms with Crippen LogP contribution in [0.3, 0.4) is 0 Å². The van der Waals surface area contributed by atoms with Crippen LogP contribution in [-0.2, 0) is 9.59 Å². The molecule has 1 N–H and O–H groups in total. The third-order valence-corrected chi connectivity index (χ3v) is 8.98. The summed E-state index contributed by atoms with van der Waals surface area (Å²) in [5.74, 6) is 0.435. The first kappa shape index (κ1) is 46.5. The molecule has 0 spiro atoms. The number of allylic oxidation sites excluding steroid dienone is 4. The van der Waals surface area contributed by atoms with Crippen molar-refractivity contribution in [2.24, 2.45) is 0 Å². The minimum Gasteiger partial charge on any atom is -0.356 e. The molecule has 0 aliphatic rings. The van der Waals surface area contributed by atoms with Gasteiger partial charge < -0.3 is 10.2 Å². The van der Waals surface area contributed by atoms with E-state index in [9.17, 15) is 9.59 Å². The zero-order chi connectivity index (χ0) is 32.9. The predicted octanol–water partition coefficient (Wildman–Crippen LogP) is 13.1. The molecule has 0 unspecified atom stereocenters. The number of nitrogens with zero attached hydrogens (tertiary/aromatic N) is 1. The van der Waals surface area contributed by atoms with Crippen molar-refractivity contribution in [3.63, 3.8) is 0 Å². The molecule has 0 saturated carbocycles. The molecule has 4 heteroatoms. The highest BCUT2D eigenvalue weighted by Gasteiger charge is 2.11. The van der Waals surface area contributed by atoms with E-state index in [0.717, 1.165) is 45.2 Å². The molecule has 0 saturated heterocycles. The number of carbonyl (C=O) groups excluding carboxylic acids is 2. The van der Waals surface area contributed by atoms with E-state index >= 15 is 0 Å². The Kier molecular flexibility index (Phi) is 40.1. The molecule has 0 fully saturated rings. The molecule has 46 heavy (non-hydrogen) atoms. The van der Waals surface area contributed by atoms with Crippen molar-refractivity contribution in [1.29, 1.82) is 0 Å². The van der Waals surface area contributed by atoms with Gasteiger partial charge in [0.25, 0.3) is 0 Å². The Bertz CT molecular complexity index is 687. The summed E-state index contributed by atoms with van der Waals surface area (Å²) in [5.41, 5.74) is 0. The third kappa shape index (κ3) is 35.3. The zero-order valence-electron chi connectivity index (χ0n) is 30.7. The standard InChI is InChI=1S/C41H78N2O2.CH4/c1-4-7-9-11-13-15-17-19-21-23-25-27-29-31-33-36-40(44)42-38-35-39-43(6-3)41(45)37-34-32-30-28-26-24-22-20-18-16-14-12-10-8-5-2;/h19-22H,4-18,23-39H2,1-3H3,(H,42,44);1H4/b21-19+,22-20+;. The molecule has 0 bridgehead atoms. The Morgan fingerprint density at radius 2 is 0.848 bits per heavy atom. The zero-order valence-corrected chi connectivity index (χ0v) is 30.7. The third-order valence-electron chi connectivity index (χ3n) is 8.98. The van der Waals surface area contributed by atoms with E-state index in [4.69, 9.17) is 0 Å². The van der Waals surface area contributed by atoms with E-state index in [0.29, 0.717) is 19.4 Å². The molecule has 0 aliphatic heterocycles. The van der Waals surface area contributed by atoms with Crippen molar-refractivity contribution in [2.75, 3.05) is 19.6 Å². The van der Waals surface area contributed by atoms with Crippen molar-refractivity contribution < 1.29 is 9.59 Å². The molecule has 0 rings (SSSR count). The maximum absolute atomic E-state index is 12.6. The lowest BCUT2D eigenvalue weighted by Crippen LogP contribution is -2.34. The summed E-state index contributed by atoms with van der Waals surface area (Å²) in [6.45, 7) is 8.77. The molecular weight excluding hydrogens is 564 g/mol. The van der Waals surface area contributed by atoms with Gasteiger partial charge in [-0.05, 0) is 77.6 Å². The monoisotopic (exact) mass is 647 g/mol. The predicted molar refractivity (Wildman–Crippen MR) is 206 cm³/mol. The first-order valence-corrected chi connectivity index (χ1v) is 20.0. The number of hydrogen-bond acceptors (Lipinski definition) is 2. The van der Waals surface area contributed by atoms with Gasteiger partial charge in [-0.2, -0.15) is 0 Å². The summed E-state index contributed by atoms with van der Waals surface area (Å²) in [5, 5.41) is 3.06. The van der Waals surface area contributed by atoms with Crippen LogP contribution >= 0.6 is 0 Å². The highest BCUT2D eigenvalue weighted by atomic mass is 16.2. The van der Waals surface area contributed by atoms with Crippen LogP contribution in [-0.4, -0.2) is 36.3 Å². The van der Waals surface area contributed by atoms with Gasteiger partial charge >= 0.3 is 0 Å². The molecule has 0 aromatic heterocycles. The number of amides is 2. The molecular formula is C42H82N2O2. The molecule has 2 amide bonds. The van der Waals surface area contributed by atoms with E-state index in [1.54, 1.807) is 0 Å². The van der Waals surface area contributed by atoms with Crippen LogP contribution in [0.25, 0.3) is 0 Å². The topological polar surface area (TPSA) is 49.4 Å². The molecule has 0 atom stereocenters. The van der Waals surface area contributed by atoms with Crippen molar-refractivity contribution >= 4 is 11.8 Å². The van der Waals surface area contributed by atoms with Gasteiger partial charge in [0, 0.05) is 32.5 Å². The average molecular weight is 647 g/mol. The van der Waals surface area contributed by atoms with E-state index in [1.165, 1.54) is 141 Å². The Morgan fingerprint density at radius 1 is 0.478 bits per heavy atom. The number of nitrogens with one attached hydrogen (secondary N) is 1.